The highest BCUT2D eigenvalue weighted by Crippen LogP contribution is 2.27. The van der Waals surface area contributed by atoms with Crippen molar-refractivity contribution in [1.29, 1.82) is 5.41 Å². The first kappa shape index (κ1) is 13.4. The topological polar surface area (TPSA) is 61.7 Å². The minimum absolute atomic E-state index is 0.130. The van der Waals surface area contributed by atoms with Crippen LogP contribution < -0.4 is 5.32 Å². The van der Waals surface area contributed by atoms with Crippen molar-refractivity contribution in [3.8, 4) is 11.4 Å². The van der Waals surface area contributed by atoms with E-state index in [2.05, 4.69) is 15.3 Å². The summed E-state index contributed by atoms with van der Waals surface area (Å²) < 4.78 is 13.7. The molecule has 0 aliphatic rings. The van der Waals surface area contributed by atoms with Crippen molar-refractivity contribution in [1.82, 2.24) is 9.97 Å². The van der Waals surface area contributed by atoms with Crippen LogP contribution in [-0.4, -0.2) is 22.7 Å². The molecule has 0 aliphatic carbocycles. The molecule has 6 heteroatoms. The summed E-state index contributed by atoms with van der Waals surface area (Å²) in [4.78, 5) is 8.28. The number of benzene rings is 1. The Morgan fingerprint density at radius 2 is 2.00 bits per heavy atom. The molecule has 1 heterocycles. The first-order valence-corrected chi connectivity index (χ1v) is 5.98. The smallest absolute Gasteiger partial charge is 0.166 e. The van der Waals surface area contributed by atoms with Gasteiger partial charge < -0.3 is 10.7 Å². The number of nitrogens with zero attached hydrogens (tertiary/aromatic N) is 2. The van der Waals surface area contributed by atoms with Crippen LogP contribution in [-0.2, 0) is 0 Å². The number of hydrogen-bond donors (Lipinski definition) is 2. The minimum Gasteiger partial charge on any atom is -0.372 e. The van der Waals surface area contributed by atoms with Crippen LogP contribution in [0.3, 0.4) is 0 Å². The highest BCUT2D eigenvalue weighted by atomic mass is 35.5. The molecule has 0 amide bonds. The molecule has 2 aromatic rings. The van der Waals surface area contributed by atoms with Crippen LogP contribution in [0.1, 0.15) is 12.5 Å². The molecule has 0 radical (unpaired) electrons. The number of halogens is 2. The molecule has 0 bridgehead atoms. The quantitative estimate of drug-likeness (QED) is 0.668. The van der Waals surface area contributed by atoms with Crippen molar-refractivity contribution in [3.05, 3.63) is 40.8 Å². The summed E-state index contributed by atoms with van der Waals surface area (Å²) in [5.41, 5.74) is 0.939. The van der Waals surface area contributed by atoms with Gasteiger partial charge in [-0.25, -0.2) is 14.4 Å². The Kier molecular flexibility index (Phi) is 3.76. The highest BCUT2D eigenvalue weighted by molar-refractivity contribution is 6.33. The second-order valence-electron chi connectivity index (χ2n) is 3.92. The summed E-state index contributed by atoms with van der Waals surface area (Å²) in [6, 6.07) is 6.21. The highest BCUT2D eigenvalue weighted by Gasteiger charge is 2.16. The van der Waals surface area contributed by atoms with Gasteiger partial charge in [-0.05, 0) is 19.1 Å². The average molecular weight is 279 g/mol. The molecule has 0 fully saturated rings. The average Bonchev–Trinajstić information content (AvgIpc) is 2.37. The Balaban J connectivity index is 2.65. The largest absolute Gasteiger partial charge is 0.372 e. The summed E-state index contributed by atoms with van der Waals surface area (Å²) in [5.74, 6) is 0.183. The molecular formula is C13H12ClFN4. The van der Waals surface area contributed by atoms with Crippen LogP contribution in [0.15, 0.2) is 24.3 Å². The molecule has 0 saturated carbocycles. The van der Waals surface area contributed by atoms with Gasteiger partial charge in [-0.1, -0.05) is 23.7 Å². The number of anilines is 1. The molecule has 19 heavy (non-hydrogen) atoms. The van der Waals surface area contributed by atoms with Crippen LogP contribution in [0.2, 0.25) is 5.15 Å². The summed E-state index contributed by atoms with van der Waals surface area (Å²) in [5, 5.41) is 10.6. The maximum Gasteiger partial charge on any atom is 0.166 e. The van der Waals surface area contributed by atoms with Crippen LogP contribution >= 0.6 is 11.6 Å². The molecule has 1 aromatic carbocycles. The maximum atomic E-state index is 13.7. The van der Waals surface area contributed by atoms with E-state index in [0.717, 1.165) is 0 Å². The SMILES string of the molecule is CNc1nc(-c2ccccc2F)nc(Cl)c1C(C)=N. The van der Waals surface area contributed by atoms with Gasteiger partial charge in [-0.15, -0.1) is 0 Å². The Labute approximate surface area is 115 Å². The Morgan fingerprint density at radius 1 is 1.32 bits per heavy atom. The van der Waals surface area contributed by atoms with E-state index in [1.165, 1.54) is 6.07 Å². The molecule has 1 aromatic heterocycles. The van der Waals surface area contributed by atoms with E-state index in [1.54, 1.807) is 32.2 Å². The Morgan fingerprint density at radius 3 is 2.58 bits per heavy atom. The fraction of sp³-hybridized carbons (Fsp3) is 0.154. The molecule has 98 valence electrons. The van der Waals surface area contributed by atoms with Crippen molar-refractivity contribution in [2.45, 2.75) is 6.92 Å². The van der Waals surface area contributed by atoms with Crippen molar-refractivity contribution < 1.29 is 4.39 Å². The van der Waals surface area contributed by atoms with Gasteiger partial charge in [0.05, 0.1) is 11.1 Å². The molecule has 0 unspecified atom stereocenters. The van der Waals surface area contributed by atoms with Crippen molar-refractivity contribution >= 4 is 23.1 Å². The summed E-state index contributed by atoms with van der Waals surface area (Å²) >= 11 is 6.06. The molecule has 2 N–H and O–H groups in total. The zero-order valence-electron chi connectivity index (χ0n) is 10.5. The zero-order chi connectivity index (χ0) is 14.0. The third-order valence-corrected chi connectivity index (χ3v) is 2.86. The number of nitrogens with one attached hydrogen (secondary N) is 2. The number of rotatable bonds is 3. The van der Waals surface area contributed by atoms with Crippen molar-refractivity contribution in [2.24, 2.45) is 0 Å². The summed E-state index contributed by atoms with van der Waals surface area (Å²) in [7, 11) is 1.66. The second-order valence-corrected chi connectivity index (χ2v) is 4.27. The molecule has 0 aliphatic heterocycles. The number of hydrogen-bond acceptors (Lipinski definition) is 4. The second kappa shape index (κ2) is 5.32. The lowest BCUT2D eigenvalue weighted by molar-refractivity contribution is 0.630. The van der Waals surface area contributed by atoms with Gasteiger partial charge in [0.15, 0.2) is 5.82 Å². The van der Waals surface area contributed by atoms with Crippen LogP contribution in [0.5, 0.6) is 0 Å². The predicted molar refractivity (Wildman–Crippen MR) is 74.5 cm³/mol. The van der Waals surface area contributed by atoms with Gasteiger partial charge in [0.2, 0.25) is 0 Å². The van der Waals surface area contributed by atoms with Crippen molar-refractivity contribution in [3.63, 3.8) is 0 Å². The van der Waals surface area contributed by atoms with E-state index in [-0.39, 0.29) is 22.3 Å². The van der Waals surface area contributed by atoms with E-state index >= 15 is 0 Å². The lowest BCUT2D eigenvalue weighted by Gasteiger charge is -2.11. The fourth-order valence-electron chi connectivity index (χ4n) is 1.71. The van der Waals surface area contributed by atoms with E-state index in [0.29, 0.717) is 11.4 Å². The lowest BCUT2D eigenvalue weighted by Crippen LogP contribution is -2.07. The fourth-order valence-corrected chi connectivity index (χ4v) is 2.02. The molecule has 0 saturated heterocycles. The summed E-state index contributed by atoms with van der Waals surface area (Å²) in [6.45, 7) is 1.59. The van der Waals surface area contributed by atoms with Crippen molar-refractivity contribution in [2.75, 3.05) is 12.4 Å². The normalized spacial score (nSPS) is 10.3. The van der Waals surface area contributed by atoms with Gasteiger partial charge >= 0.3 is 0 Å². The lowest BCUT2D eigenvalue weighted by atomic mass is 10.1. The molecule has 0 spiro atoms. The zero-order valence-corrected chi connectivity index (χ0v) is 11.2. The van der Waals surface area contributed by atoms with Gasteiger partial charge in [0.1, 0.15) is 16.8 Å². The van der Waals surface area contributed by atoms with Gasteiger partial charge in [0.25, 0.3) is 0 Å². The van der Waals surface area contributed by atoms with E-state index < -0.39 is 5.82 Å². The first-order chi connectivity index (χ1) is 9.04. The maximum absolute atomic E-state index is 13.7. The predicted octanol–water partition coefficient (Wildman–Crippen LogP) is 3.37. The van der Waals surface area contributed by atoms with Gasteiger partial charge in [-0.2, -0.15) is 0 Å². The molecule has 0 atom stereocenters. The third kappa shape index (κ3) is 2.56. The standard InChI is InChI=1S/C13H12ClFN4/c1-7(16)10-11(14)18-12(19-13(10)17-2)8-5-3-4-6-9(8)15/h3-6,16H,1-2H3,(H,17,18,19). The number of aromatic nitrogens is 2. The molecule has 4 nitrogen and oxygen atoms in total. The van der Waals surface area contributed by atoms with Crippen LogP contribution in [0, 0.1) is 11.2 Å². The van der Waals surface area contributed by atoms with E-state index in [1.807, 2.05) is 0 Å². The first-order valence-electron chi connectivity index (χ1n) is 5.60. The Hall–Kier alpha value is -2.01. The minimum atomic E-state index is -0.417. The summed E-state index contributed by atoms with van der Waals surface area (Å²) in [6.07, 6.45) is 0. The molecule has 2 rings (SSSR count). The van der Waals surface area contributed by atoms with E-state index in [9.17, 15) is 4.39 Å². The van der Waals surface area contributed by atoms with Crippen LogP contribution in [0.25, 0.3) is 11.4 Å². The van der Waals surface area contributed by atoms with Gasteiger partial charge in [-0.3, -0.25) is 0 Å². The monoisotopic (exact) mass is 278 g/mol. The molecular weight excluding hydrogens is 267 g/mol. The van der Waals surface area contributed by atoms with Gasteiger partial charge in [0, 0.05) is 12.8 Å². The van der Waals surface area contributed by atoms with Crippen LogP contribution in [0.4, 0.5) is 10.2 Å². The third-order valence-electron chi connectivity index (χ3n) is 2.59. The Bertz CT molecular complexity index is 643. The van der Waals surface area contributed by atoms with E-state index in [4.69, 9.17) is 17.0 Å².